The lowest BCUT2D eigenvalue weighted by Gasteiger charge is -2.17. The highest BCUT2D eigenvalue weighted by atomic mass is 35.5. The Morgan fingerprint density at radius 2 is 1.74 bits per heavy atom. The molecule has 0 aliphatic heterocycles. The third-order valence-electron chi connectivity index (χ3n) is 3.96. The van der Waals surface area contributed by atoms with E-state index in [9.17, 15) is 19.7 Å². The van der Waals surface area contributed by atoms with Gasteiger partial charge in [-0.25, -0.2) is 4.79 Å². The molecule has 0 saturated carbocycles. The number of anilines is 1. The summed E-state index contributed by atoms with van der Waals surface area (Å²) in [4.78, 5) is 34.8. The Morgan fingerprint density at radius 3 is 2.30 bits per heavy atom. The van der Waals surface area contributed by atoms with Gasteiger partial charge in [-0.1, -0.05) is 29.3 Å². The first kappa shape index (κ1) is 20.4. The Bertz CT molecular complexity index is 903. The van der Waals surface area contributed by atoms with Crippen molar-refractivity contribution in [3.8, 4) is 0 Å². The predicted molar refractivity (Wildman–Crippen MR) is 102 cm³/mol. The van der Waals surface area contributed by atoms with E-state index in [0.29, 0.717) is 5.69 Å². The molecule has 0 bridgehead atoms. The van der Waals surface area contributed by atoms with Crippen molar-refractivity contribution in [2.24, 2.45) is 0 Å². The van der Waals surface area contributed by atoms with E-state index in [1.54, 1.807) is 0 Å². The average Bonchev–Trinajstić information content (AvgIpc) is 2.57. The molecule has 7 nitrogen and oxygen atoms in total. The number of benzene rings is 2. The van der Waals surface area contributed by atoms with Crippen LogP contribution < -0.4 is 5.32 Å². The number of carbonyl (C=O) groups is 2. The molecule has 0 saturated heterocycles. The van der Waals surface area contributed by atoms with Gasteiger partial charge in [-0.2, -0.15) is 0 Å². The van der Waals surface area contributed by atoms with Crippen molar-refractivity contribution in [1.29, 1.82) is 0 Å². The van der Waals surface area contributed by atoms with Crippen molar-refractivity contribution in [2.45, 2.75) is 33.8 Å². The van der Waals surface area contributed by atoms with Crippen LogP contribution in [-0.4, -0.2) is 22.9 Å². The lowest BCUT2D eigenvalue weighted by Crippen LogP contribution is -2.30. The summed E-state index contributed by atoms with van der Waals surface area (Å²) >= 11 is 5.73. The molecular formula is C19H19ClN2O5. The second kappa shape index (κ2) is 8.18. The Labute approximate surface area is 161 Å². The summed E-state index contributed by atoms with van der Waals surface area (Å²) in [5.41, 5.74) is 3.06. The highest BCUT2D eigenvalue weighted by Gasteiger charge is 2.22. The molecule has 0 aliphatic carbocycles. The van der Waals surface area contributed by atoms with Crippen LogP contribution in [0.4, 0.5) is 11.4 Å². The normalized spacial score (nSPS) is 11.6. The van der Waals surface area contributed by atoms with E-state index in [4.69, 9.17) is 16.3 Å². The topological polar surface area (TPSA) is 98.5 Å². The summed E-state index contributed by atoms with van der Waals surface area (Å²) in [5, 5.41) is 13.6. The minimum absolute atomic E-state index is 0.0616. The minimum Gasteiger partial charge on any atom is -0.449 e. The molecule has 8 heteroatoms. The van der Waals surface area contributed by atoms with Crippen molar-refractivity contribution in [1.82, 2.24) is 0 Å². The second-order valence-electron chi connectivity index (χ2n) is 6.23. The molecule has 142 valence electrons. The summed E-state index contributed by atoms with van der Waals surface area (Å²) in [6, 6.07) is 7.43. The monoisotopic (exact) mass is 390 g/mol. The fourth-order valence-electron chi connectivity index (χ4n) is 2.66. The highest BCUT2D eigenvalue weighted by Crippen LogP contribution is 2.26. The number of carbonyl (C=O) groups excluding carboxylic acids is 2. The number of nitrogens with zero attached hydrogens (tertiary/aromatic N) is 1. The van der Waals surface area contributed by atoms with Crippen LogP contribution in [0.5, 0.6) is 0 Å². The molecule has 2 rings (SSSR count). The maximum absolute atomic E-state index is 12.4. The molecule has 1 N–H and O–H groups in total. The quantitative estimate of drug-likeness (QED) is 0.464. The molecule has 27 heavy (non-hydrogen) atoms. The molecule has 0 aliphatic rings. The SMILES string of the molecule is Cc1cc(C)c(NC(=O)[C@H](C)OC(=O)c2ccc(Cl)c([N+](=O)[O-])c2)c(C)c1. The van der Waals surface area contributed by atoms with Crippen molar-refractivity contribution in [2.75, 3.05) is 5.32 Å². The zero-order chi connectivity index (χ0) is 20.3. The summed E-state index contributed by atoms with van der Waals surface area (Å²) in [7, 11) is 0. The van der Waals surface area contributed by atoms with Gasteiger partial charge in [0.15, 0.2) is 6.10 Å². The lowest BCUT2D eigenvalue weighted by molar-refractivity contribution is -0.384. The van der Waals surface area contributed by atoms with E-state index >= 15 is 0 Å². The van der Waals surface area contributed by atoms with E-state index < -0.39 is 28.6 Å². The third kappa shape index (κ3) is 4.83. The number of amides is 1. The van der Waals surface area contributed by atoms with Crippen LogP contribution in [0.15, 0.2) is 30.3 Å². The molecule has 0 spiro atoms. The number of halogens is 1. The van der Waals surface area contributed by atoms with Crippen LogP contribution >= 0.6 is 11.6 Å². The maximum Gasteiger partial charge on any atom is 0.339 e. The Kier molecular flexibility index (Phi) is 6.17. The molecule has 0 fully saturated rings. The fraction of sp³-hybridized carbons (Fsp3) is 0.263. The first-order chi connectivity index (χ1) is 12.6. The van der Waals surface area contributed by atoms with Gasteiger partial charge in [0, 0.05) is 11.8 Å². The van der Waals surface area contributed by atoms with Crippen LogP contribution in [0.2, 0.25) is 5.02 Å². The average molecular weight is 391 g/mol. The van der Waals surface area contributed by atoms with Crippen molar-refractivity contribution >= 4 is 34.9 Å². The van der Waals surface area contributed by atoms with E-state index in [1.165, 1.54) is 19.1 Å². The maximum atomic E-state index is 12.4. The fourth-order valence-corrected chi connectivity index (χ4v) is 2.85. The molecule has 2 aromatic carbocycles. The standard InChI is InChI=1S/C19H19ClN2O5/c1-10-7-11(2)17(12(3)8-10)21-18(23)13(4)27-19(24)14-5-6-15(20)16(9-14)22(25)26/h5-9,13H,1-4H3,(H,21,23)/t13-/m0/s1. The van der Waals surface area contributed by atoms with E-state index in [-0.39, 0.29) is 10.6 Å². The summed E-state index contributed by atoms with van der Waals surface area (Å²) < 4.78 is 5.13. The van der Waals surface area contributed by atoms with Gasteiger partial charge in [0.2, 0.25) is 0 Å². The molecule has 0 radical (unpaired) electrons. The van der Waals surface area contributed by atoms with Gasteiger partial charge < -0.3 is 10.1 Å². The van der Waals surface area contributed by atoms with Crippen LogP contribution in [0, 0.1) is 30.9 Å². The Balaban J connectivity index is 2.12. The van der Waals surface area contributed by atoms with Crippen LogP contribution in [-0.2, 0) is 9.53 Å². The largest absolute Gasteiger partial charge is 0.449 e. The minimum atomic E-state index is -1.09. The Hall–Kier alpha value is -2.93. The molecule has 1 amide bonds. The van der Waals surface area contributed by atoms with Gasteiger partial charge in [0.05, 0.1) is 10.5 Å². The number of nitro benzene ring substituents is 1. The van der Waals surface area contributed by atoms with E-state index in [2.05, 4.69) is 5.32 Å². The molecule has 0 unspecified atom stereocenters. The van der Waals surface area contributed by atoms with Gasteiger partial charge >= 0.3 is 5.97 Å². The molecule has 0 aromatic heterocycles. The van der Waals surface area contributed by atoms with Crippen LogP contribution in [0.25, 0.3) is 0 Å². The van der Waals surface area contributed by atoms with Crippen LogP contribution in [0.3, 0.4) is 0 Å². The summed E-state index contributed by atoms with van der Waals surface area (Å²) in [6.45, 7) is 7.13. The van der Waals surface area contributed by atoms with E-state index in [0.717, 1.165) is 22.8 Å². The van der Waals surface area contributed by atoms with Gasteiger partial charge in [-0.15, -0.1) is 0 Å². The van der Waals surface area contributed by atoms with Crippen molar-refractivity contribution in [3.05, 3.63) is 67.7 Å². The zero-order valence-corrected chi connectivity index (χ0v) is 16.1. The zero-order valence-electron chi connectivity index (χ0n) is 15.3. The summed E-state index contributed by atoms with van der Waals surface area (Å²) in [5.74, 6) is -1.35. The first-order valence-corrected chi connectivity index (χ1v) is 8.51. The second-order valence-corrected chi connectivity index (χ2v) is 6.64. The van der Waals surface area contributed by atoms with Crippen molar-refractivity contribution < 1.29 is 19.2 Å². The Morgan fingerprint density at radius 1 is 1.15 bits per heavy atom. The number of esters is 1. The first-order valence-electron chi connectivity index (χ1n) is 8.13. The number of nitro groups is 1. The number of rotatable bonds is 5. The molecule has 2 aromatic rings. The number of ether oxygens (including phenoxy) is 1. The van der Waals surface area contributed by atoms with Gasteiger partial charge in [-0.05, 0) is 51.0 Å². The number of aryl methyl sites for hydroxylation is 3. The predicted octanol–water partition coefficient (Wildman–Crippen LogP) is 4.36. The smallest absolute Gasteiger partial charge is 0.339 e. The molecule has 0 heterocycles. The number of hydrogen-bond acceptors (Lipinski definition) is 5. The summed E-state index contributed by atoms with van der Waals surface area (Å²) in [6.07, 6.45) is -1.09. The van der Waals surface area contributed by atoms with Gasteiger partial charge in [0.1, 0.15) is 5.02 Å². The highest BCUT2D eigenvalue weighted by molar-refractivity contribution is 6.32. The van der Waals surface area contributed by atoms with Crippen LogP contribution in [0.1, 0.15) is 34.0 Å². The van der Waals surface area contributed by atoms with Crippen molar-refractivity contribution in [3.63, 3.8) is 0 Å². The third-order valence-corrected chi connectivity index (χ3v) is 4.28. The van der Waals surface area contributed by atoms with Gasteiger partial charge in [0.25, 0.3) is 11.6 Å². The number of hydrogen-bond donors (Lipinski definition) is 1. The van der Waals surface area contributed by atoms with E-state index in [1.807, 2.05) is 32.9 Å². The number of nitrogens with one attached hydrogen (secondary N) is 1. The van der Waals surface area contributed by atoms with Gasteiger partial charge in [-0.3, -0.25) is 14.9 Å². The molecule has 1 atom stereocenters. The lowest BCUT2D eigenvalue weighted by atomic mass is 10.0. The molecular weight excluding hydrogens is 372 g/mol.